The molecule has 1 aliphatic rings. The van der Waals surface area contributed by atoms with Crippen molar-refractivity contribution in [2.75, 3.05) is 29.9 Å². The van der Waals surface area contributed by atoms with E-state index >= 15 is 0 Å². The lowest BCUT2D eigenvalue weighted by Gasteiger charge is -2.32. The first-order valence-corrected chi connectivity index (χ1v) is 10.2. The molecule has 31 heavy (non-hydrogen) atoms. The van der Waals surface area contributed by atoms with Crippen LogP contribution in [0.3, 0.4) is 0 Å². The monoisotopic (exact) mass is 421 g/mol. The zero-order valence-electron chi connectivity index (χ0n) is 17.1. The van der Waals surface area contributed by atoms with Crippen molar-refractivity contribution in [3.63, 3.8) is 0 Å². The number of benzene rings is 1. The van der Waals surface area contributed by atoms with Crippen molar-refractivity contribution < 1.29 is 14.3 Å². The molecule has 1 aliphatic heterocycles. The summed E-state index contributed by atoms with van der Waals surface area (Å²) >= 11 is 0. The lowest BCUT2D eigenvalue weighted by Crippen LogP contribution is -2.38. The Balaban J connectivity index is 1.38. The average molecular weight is 421 g/mol. The molecule has 0 bridgehead atoms. The van der Waals surface area contributed by atoms with Crippen LogP contribution in [0.4, 0.5) is 22.2 Å². The molecule has 4 aromatic rings. The highest BCUT2D eigenvalue weighted by atomic mass is 16.4. The van der Waals surface area contributed by atoms with Crippen LogP contribution >= 0.6 is 0 Å². The predicted molar refractivity (Wildman–Crippen MR) is 117 cm³/mol. The number of hydrogen-bond acceptors (Lipinski definition) is 7. The third-order valence-corrected chi connectivity index (χ3v) is 5.74. The second kappa shape index (κ2) is 7.78. The molecule has 3 N–H and O–H groups in total. The van der Waals surface area contributed by atoms with Crippen molar-refractivity contribution in [3.8, 4) is 0 Å². The van der Waals surface area contributed by atoms with Crippen LogP contribution in [0.15, 0.2) is 41.1 Å². The fourth-order valence-electron chi connectivity index (χ4n) is 4.07. The van der Waals surface area contributed by atoms with Crippen molar-refractivity contribution >= 4 is 45.5 Å². The fourth-order valence-corrected chi connectivity index (χ4v) is 4.07. The van der Waals surface area contributed by atoms with Gasteiger partial charge >= 0.3 is 6.09 Å². The van der Waals surface area contributed by atoms with E-state index in [1.165, 1.54) is 0 Å². The van der Waals surface area contributed by atoms with E-state index in [-0.39, 0.29) is 0 Å². The van der Waals surface area contributed by atoms with Gasteiger partial charge in [0, 0.05) is 43.8 Å². The Kier molecular flexibility index (Phi) is 4.81. The van der Waals surface area contributed by atoms with Crippen LogP contribution in [0.2, 0.25) is 0 Å². The summed E-state index contributed by atoms with van der Waals surface area (Å²) in [6.07, 6.45) is 4.24. The predicted octanol–water partition coefficient (Wildman–Crippen LogP) is 3.34. The van der Waals surface area contributed by atoms with Gasteiger partial charge < -0.3 is 25.1 Å². The first kappa shape index (κ1) is 19.2. The van der Waals surface area contributed by atoms with Crippen molar-refractivity contribution in [2.45, 2.75) is 12.8 Å². The van der Waals surface area contributed by atoms with Crippen molar-refractivity contribution in [1.29, 1.82) is 0 Å². The van der Waals surface area contributed by atoms with Gasteiger partial charge in [0.15, 0.2) is 11.4 Å². The normalized spacial score (nSPS) is 14.9. The molecule has 5 rings (SSSR count). The molecule has 160 valence electrons. The third-order valence-electron chi connectivity index (χ3n) is 5.74. The average Bonchev–Trinajstić information content (AvgIpc) is 3.38. The molecule has 10 heteroatoms. The lowest BCUT2D eigenvalue weighted by molar-refractivity contribution is 0.191. The van der Waals surface area contributed by atoms with Crippen LogP contribution in [0.1, 0.15) is 12.8 Å². The zero-order chi connectivity index (χ0) is 21.4. The SMILES string of the molecule is Cn1ncc2cc(Nc3nc(N4CCC(CNC(=O)O)CC4)c4occc4n3)ccc21. The van der Waals surface area contributed by atoms with Gasteiger partial charge in [-0.05, 0) is 37.0 Å². The van der Waals surface area contributed by atoms with Gasteiger partial charge in [-0.15, -0.1) is 0 Å². The van der Waals surface area contributed by atoms with E-state index in [4.69, 9.17) is 14.5 Å². The Labute approximate surface area is 177 Å². The summed E-state index contributed by atoms with van der Waals surface area (Å²) in [5.74, 6) is 1.58. The number of nitrogens with one attached hydrogen (secondary N) is 2. The minimum absolute atomic E-state index is 0.324. The second-order valence-electron chi connectivity index (χ2n) is 7.79. The quantitative estimate of drug-likeness (QED) is 0.449. The van der Waals surface area contributed by atoms with Crippen LogP contribution in [-0.2, 0) is 7.05 Å². The summed E-state index contributed by atoms with van der Waals surface area (Å²) in [5, 5.41) is 19.9. The van der Waals surface area contributed by atoms with Crippen LogP contribution in [0.25, 0.3) is 22.0 Å². The van der Waals surface area contributed by atoms with E-state index < -0.39 is 6.09 Å². The first-order valence-electron chi connectivity index (χ1n) is 10.2. The van der Waals surface area contributed by atoms with Gasteiger partial charge in [0.25, 0.3) is 0 Å². The standard InChI is InChI=1S/C21H23N7O3/c1-27-17-3-2-15(10-14(17)12-23-27)24-20-25-16-6-9-31-18(16)19(26-20)28-7-4-13(5-8-28)11-22-21(29)30/h2-3,6,9-10,12-13,22H,4-5,7-8,11H2,1H3,(H,29,30)(H,24,25,26). The van der Waals surface area contributed by atoms with Crippen molar-refractivity contribution in [2.24, 2.45) is 13.0 Å². The molecule has 0 aliphatic carbocycles. The van der Waals surface area contributed by atoms with Crippen LogP contribution in [0.5, 0.6) is 0 Å². The number of nitrogens with zero attached hydrogens (tertiary/aromatic N) is 5. The van der Waals surface area contributed by atoms with Gasteiger partial charge in [-0.25, -0.2) is 9.78 Å². The Morgan fingerprint density at radius 1 is 1.26 bits per heavy atom. The molecule has 1 fully saturated rings. The van der Waals surface area contributed by atoms with Crippen LogP contribution in [0, 0.1) is 5.92 Å². The number of aryl methyl sites for hydroxylation is 1. The highest BCUT2D eigenvalue weighted by Gasteiger charge is 2.24. The molecule has 0 spiro atoms. The summed E-state index contributed by atoms with van der Waals surface area (Å²) in [4.78, 5) is 22.3. The molecular weight excluding hydrogens is 398 g/mol. The molecule has 10 nitrogen and oxygen atoms in total. The fraction of sp³-hybridized carbons (Fsp3) is 0.333. The molecule has 0 radical (unpaired) electrons. The number of aromatic nitrogens is 4. The molecule has 1 amide bonds. The van der Waals surface area contributed by atoms with Gasteiger partial charge in [0.1, 0.15) is 5.52 Å². The number of anilines is 3. The largest absolute Gasteiger partial charge is 0.465 e. The first-order chi connectivity index (χ1) is 15.1. The summed E-state index contributed by atoms with van der Waals surface area (Å²) in [5.41, 5.74) is 3.34. The van der Waals surface area contributed by atoms with Crippen molar-refractivity contribution in [1.82, 2.24) is 25.1 Å². The Bertz CT molecular complexity index is 1240. The summed E-state index contributed by atoms with van der Waals surface area (Å²) in [7, 11) is 1.92. The summed E-state index contributed by atoms with van der Waals surface area (Å²) in [6, 6.07) is 7.84. The number of rotatable bonds is 5. The molecule has 4 heterocycles. The number of carbonyl (C=O) groups is 1. The van der Waals surface area contributed by atoms with Gasteiger partial charge in [0.2, 0.25) is 5.95 Å². The van der Waals surface area contributed by atoms with E-state index in [1.54, 1.807) is 6.26 Å². The Morgan fingerprint density at radius 2 is 2.10 bits per heavy atom. The van der Waals surface area contributed by atoms with Gasteiger partial charge in [-0.1, -0.05) is 0 Å². The van der Waals surface area contributed by atoms with Gasteiger partial charge in [0.05, 0.1) is 18.0 Å². The number of hydrogen-bond donors (Lipinski definition) is 3. The number of carboxylic acid groups (broad SMARTS) is 1. The van der Waals surface area contributed by atoms with Gasteiger partial charge in [-0.3, -0.25) is 4.68 Å². The minimum Gasteiger partial charge on any atom is -0.465 e. The van der Waals surface area contributed by atoms with Crippen LogP contribution in [-0.4, -0.2) is 50.6 Å². The molecular formula is C21H23N7O3. The molecule has 3 aromatic heterocycles. The maximum absolute atomic E-state index is 10.7. The van der Waals surface area contributed by atoms with Gasteiger partial charge in [-0.2, -0.15) is 10.1 Å². The Hall–Kier alpha value is -3.82. The van der Waals surface area contributed by atoms with E-state index in [1.807, 2.05) is 42.2 Å². The van der Waals surface area contributed by atoms with E-state index in [0.717, 1.165) is 53.9 Å². The molecule has 0 unspecified atom stereocenters. The third kappa shape index (κ3) is 3.83. The molecule has 1 saturated heterocycles. The zero-order valence-corrected chi connectivity index (χ0v) is 17.1. The maximum Gasteiger partial charge on any atom is 0.404 e. The minimum atomic E-state index is -0.976. The number of furan rings is 1. The van der Waals surface area contributed by atoms with E-state index in [9.17, 15) is 4.79 Å². The van der Waals surface area contributed by atoms with E-state index in [0.29, 0.717) is 24.0 Å². The van der Waals surface area contributed by atoms with Crippen molar-refractivity contribution in [3.05, 3.63) is 36.7 Å². The second-order valence-corrected chi connectivity index (χ2v) is 7.79. The summed E-state index contributed by atoms with van der Waals surface area (Å²) < 4.78 is 7.51. The molecule has 0 atom stereocenters. The summed E-state index contributed by atoms with van der Waals surface area (Å²) in [6.45, 7) is 2.03. The lowest BCUT2D eigenvalue weighted by atomic mass is 9.97. The smallest absolute Gasteiger partial charge is 0.404 e. The molecule has 0 saturated carbocycles. The Morgan fingerprint density at radius 3 is 2.90 bits per heavy atom. The number of fused-ring (bicyclic) bond motifs is 2. The highest BCUT2D eigenvalue weighted by Crippen LogP contribution is 2.31. The maximum atomic E-state index is 10.7. The van der Waals surface area contributed by atoms with E-state index in [2.05, 4.69) is 25.6 Å². The number of amides is 1. The molecule has 1 aromatic carbocycles. The topological polar surface area (TPSA) is 121 Å². The highest BCUT2D eigenvalue weighted by molar-refractivity contribution is 5.87. The number of piperidine rings is 1. The van der Waals surface area contributed by atoms with Crippen LogP contribution < -0.4 is 15.5 Å².